The summed E-state index contributed by atoms with van der Waals surface area (Å²) in [6, 6.07) is 9.11. The number of alkyl halides is 2. The van der Waals surface area contributed by atoms with Gasteiger partial charge in [0.15, 0.2) is 0 Å². The standard InChI is InChI=1S/C28H42F2O/c1-21(31-2)7-5-10-25-9-3-4-11-27(25)26-19-17-24(18-20-26)23-15-13-22(14-16-23)8-6-12-28(29)30/h3-4,6,8-9,11,21-24,26,28H,5,7,10,12-20H2,1-2H3/b8-6+/t21?,22-,23-,24?,26?. The van der Waals surface area contributed by atoms with Gasteiger partial charge in [-0.2, -0.15) is 0 Å². The van der Waals surface area contributed by atoms with Crippen molar-refractivity contribution >= 4 is 0 Å². The molecule has 0 aromatic heterocycles. The smallest absolute Gasteiger partial charge is 0.242 e. The van der Waals surface area contributed by atoms with Crippen LogP contribution in [0, 0.1) is 17.8 Å². The van der Waals surface area contributed by atoms with Gasteiger partial charge in [0.2, 0.25) is 6.43 Å². The molecule has 1 aromatic rings. The summed E-state index contributed by atoms with van der Waals surface area (Å²) in [5.41, 5.74) is 3.14. The molecule has 2 saturated carbocycles. The third-order valence-electron chi connectivity index (χ3n) is 7.93. The molecule has 2 aliphatic rings. The minimum absolute atomic E-state index is 0.0865. The summed E-state index contributed by atoms with van der Waals surface area (Å²) >= 11 is 0. The van der Waals surface area contributed by atoms with Crippen LogP contribution in [-0.2, 0) is 11.2 Å². The first-order valence-corrected chi connectivity index (χ1v) is 12.6. The Balaban J connectivity index is 1.45. The maximum absolute atomic E-state index is 12.3. The fourth-order valence-corrected chi connectivity index (χ4v) is 5.94. The second-order valence-electron chi connectivity index (χ2n) is 9.98. The Hall–Kier alpha value is -1.22. The van der Waals surface area contributed by atoms with Crippen molar-refractivity contribution in [3.8, 4) is 0 Å². The van der Waals surface area contributed by atoms with Crippen LogP contribution in [0.3, 0.4) is 0 Å². The van der Waals surface area contributed by atoms with E-state index in [2.05, 4.69) is 37.3 Å². The van der Waals surface area contributed by atoms with E-state index >= 15 is 0 Å². The molecule has 0 radical (unpaired) electrons. The van der Waals surface area contributed by atoms with Crippen LogP contribution in [-0.4, -0.2) is 19.6 Å². The molecule has 0 aliphatic heterocycles. The summed E-state index contributed by atoms with van der Waals surface area (Å²) in [4.78, 5) is 0. The monoisotopic (exact) mass is 432 g/mol. The molecule has 0 N–H and O–H groups in total. The largest absolute Gasteiger partial charge is 0.382 e. The van der Waals surface area contributed by atoms with E-state index in [0.29, 0.717) is 12.0 Å². The molecule has 31 heavy (non-hydrogen) atoms. The van der Waals surface area contributed by atoms with Crippen molar-refractivity contribution in [1.29, 1.82) is 0 Å². The minimum atomic E-state index is -2.21. The molecule has 2 fully saturated rings. The molecule has 0 heterocycles. The molecule has 3 rings (SSSR count). The molecule has 1 nitrogen and oxygen atoms in total. The Morgan fingerprint density at radius 2 is 1.61 bits per heavy atom. The summed E-state index contributed by atoms with van der Waals surface area (Å²) in [5.74, 6) is 2.98. The maximum atomic E-state index is 12.3. The van der Waals surface area contributed by atoms with E-state index in [-0.39, 0.29) is 6.42 Å². The molecule has 0 bridgehead atoms. The van der Waals surface area contributed by atoms with E-state index in [1.165, 1.54) is 57.8 Å². The Bertz CT molecular complexity index is 655. The van der Waals surface area contributed by atoms with Gasteiger partial charge in [0, 0.05) is 13.5 Å². The summed E-state index contributed by atoms with van der Waals surface area (Å²) in [7, 11) is 1.80. The van der Waals surface area contributed by atoms with Gasteiger partial charge in [-0.25, -0.2) is 8.78 Å². The van der Waals surface area contributed by atoms with Crippen molar-refractivity contribution in [1.82, 2.24) is 0 Å². The van der Waals surface area contributed by atoms with Crippen LogP contribution in [0.5, 0.6) is 0 Å². The number of hydrogen-bond acceptors (Lipinski definition) is 1. The maximum Gasteiger partial charge on any atom is 0.242 e. The van der Waals surface area contributed by atoms with Crippen molar-refractivity contribution in [3.05, 3.63) is 47.5 Å². The van der Waals surface area contributed by atoms with Gasteiger partial charge in [-0.15, -0.1) is 0 Å². The Morgan fingerprint density at radius 1 is 0.968 bits per heavy atom. The summed E-state index contributed by atoms with van der Waals surface area (Å²) in [6.45, 7) is 2.15. The van der Waals surface area contributed by atoms with Gasteiger partial charge in [0.25, 0.3) is 0 Å². The molecule has 1 atom stereocenters. The molecular weight excluding hydrogens is 390 g/mol. The first kappa shape index (κ1) is 24.4. The van der Waals surface area contributed by atoms with Gasteiger partial charge in [0.05, 0.1) is 6.10 Å². The van der Waals surface area contributed by atoms with Crippen LogP contribution in [0.1, 0.15) is 94.6 Å². The summed E-state index contributed by atoms with van der Waals surface area (Å²) in [6.07, 6.45) is 15.6. The summed E-state index contributed by atoms with van der Waals surface area (Å²) in [5, 5.41) is 0. The quantitative estimate of drug-likeness (QED) is 0.338. The Morgan fingerprint density at radius 3 is 2.26 bits per heavy atom. The second kappa shape index (κ2) is 12.7. The van der Waals surface area contributed by atoms with Crippen LogP contribution in [0.25, 0.3) is 0 Å². The van der Waals surface area contributed by atoms with Crippen LogP contribution in [0.2, 0.25) is 0 Å². The lowest BCUT2D eigenvalue weighted by Gasteiger charge is -2.38. The average molecular weight is 433 g/mol. The zero-order valence-corrected chi connectivity index (χ0v) is 19.6. The number of halogens is 2. The van der Waals surface area contributed by atoms with Gasteiger partial charge < -0.3 is 4.74 Å². The number of methoxy groups -OCH3 is 1. The molecule has 0 amide bonds. The van der Waals surface area contributed by atoms with E-state index in [1.807, 2.05) is 0 Å². The number of ether oxygens (including phenoxy) is 1. The fraction of sp³-hybridized carbons (Fsp3) is 0.714. The predicted molar refractivity (Wildman–Crippen MR) is 126 cm³/mol. The fourth-order valence-electron chi connectivity index (χ4n) is 5.94. The van der Waals surface area contributed by atoms with Crippen molar-refractivity contribution in [3.63, 3.8) is 0 Å². The first-order valence-electron chi connectivity index (χ1n) is 12.6. The normalized spacial score (nSPS) is 28.3. The molecule has 174 valence electrons. The van der Waals surface area contributed by atoms with Gasteiger partial charge in [0.1, 0.15) is 0 Å². The van der Waals surface area contributed by atoms with Crippen LogP contribution in [0.4, 0.5) is 8.78 Å². The van der Waals surface area contributed by atoms with E-state index in [9.17, 15) is 8.78 Å². The average Bonchev–Trinajstić information content (AvgIpc) is 2.80. The predicted octanol–water partition coefficient (Wildman–Crippen LogP) is 8.34. The molecule has 0 saturated heterocycles. The van der Waals surface area contributed by atoms with E-state index in [1.54, 1.807) is 24.3 Å². The van der Waals surface area contributed by atoms with Crippen molar-refractivity contribution < 1.29 is 13.5 Å². The van der Waals surface area contributed by atoms with E-state index < -0.39 is 6.43 Å². The lowest BCUT2D eigenvalue weighted by atomic mass is 9.68. The van der Waals surface area contributed by atoms with Crippen LogP contribution < -0.4 is 0 Å². The van der Waals surface area contributed by atoms with Gasteiger partial charge in [-0.05, 0) is 112 Å². The van der Waals surface area contributed by atoms with E-state index in [0.717, 1.165) is 30.6 Å². The third-order valence-corrected chi connectivity index (χ3v) is 7.93. The zero-order chi connectivity index (χ0) is 22.1. The lowest BCUT2D eigenvalue weighted by molar-refractivity contribution is 0.109. The highest BCUT2D eigenvalue weighted by Crippen LogP contribution is 2.44. The van der Waals surface area contributed by atoms with Gasteiger partial charge in [-0.3, -0.25) is 0 Å². The molecule has 1 aromatic carbocycles. The number of benzene rings is 1. The topological polar surface area (TPSA) is 9.23 Å². The third kappa shape index (κ3) is 7.70. The van der Waals surface area contributed by atoms with Crippen LogP contribution in [0.15, 0.2) is 36.4 Å². The summed E-state index contributed by atoms with van der Waals surface area (Å²) < 4.78 is 30.1. The highest BCUT2D eigenvalue weighted by atomic mass is 19.3. The molecule has 1 unspecified atom stereocenters. The Kier molecular flexibility index (Phi) is 10.0. The van der Waals surface area contributed by atoms with Crippen molar-refractivity contribution in [2.75, 3.05) is 7.11 Å². The van der Waals surface area contributed by atoms with Crippen LogP contribution >= 0.6 is 0 Å². The van der Waals surface area contributed by atoms with Crippen molar-refractivity contribution in [2.24, 2.45) is 17.8 Å². The first-order chi connectivity index (χ1) is 15.1. The second-order valence-corrected chi connectivity index (χ2v) is 9.98. The number of allylic oxidation sites excluding steroid dienone is 2. The number of aryl methyl sites for hydroxylation is 1. The molecule has 3 heteroatoms. The molecule has 0 spiro atoms. The number of hydrogen-bond donors (Lipinski definition) is 0. The van der Waals surface area contributed by atoms with Gasteiger partial charge >= 0.3 is 0 Å². The zero-order valence-electron chi connectivity index (χ0n) is 19.6. The number of rotatable bonds is 10. The van der Waals surface area contributed by atoms with Crippen molar-refractivity contribution in [2.45, 2.75) is 102 Å². The highest BCUT2D eigenvalue weighted by molar-refractivity contribution is 5.31. The lowest BCUT2D eigenvalue weighted by Crippen LogP contribution is -2.25. The highest BCUT2D eigenvalue weighted by Gasteiger charge is 2.31. The molecule has 2 aliphatic carbocycles. The Labute approximate surface area is 188 Å². The van der Waals surface area contributed by atoms with Gasteiger partial charge in [-0.1, -0.05) is 36.4 Å². The SMILES string of the molecule is COC(C)CCCc1ccccc1C1CCC([C@H]2CC[C@H](/C=C/CC(F)F)CC2)CC1. The molecular formula is C28H42F2O. The minimum Gasteiger partial charge on any atom is -0.382 e. The van der Waals surface area contributed by atoms with E-state index in [4.69, 9.17) is 4.74 Å².